The molecule has 1 aliphatic rings. The molecule has 15 heavy (non-hydrogen) atoms. The lowest BCUT2D eigenvalue weighted by molar-refractivity contribution is 0.117. The summed E-state index contributed by atoms with van der Waals surface area (Å²) in [6.07, 6.45) is 3.40. The summed E-state index contributed by atoms with van der Waals surface area (Å²) in [5.74, 6) is 0. The van der Waals surface area contributed by atoms with E-state index in [9.17, 15) is 4.79 Å². The Morgan fingerprint density at radius 2 is 2.07 bits per heavy atom. The monoisotopic (exact) mass is 216 g/mol. The molecule has 1 rings (SSSR count). The van der Waals surface area contributed by atoms with Crippen molar-refractivity contribution in [2.75, 3.05) is 39.4 Å². The summed E-state index contributed by atoms with van der Waals surface area (Å²) in [7, 11) is 0. The molecule has 0 bridgehead atoms. The molecule has 0 unspecified atom stereocenters. The number of carbonyl (C=O) groups is 1. The van der Waals surface area contributed by atoms with Crippen molar-refractivity contribution in [1.29, 1.82) is 0 Å². The third-order valence-corrected chi connectivity index (χ3v) is 2.47. The van der Waals surface area contributed by atoms with Crippen molar-refractivity contribution in [2.45, 2.75) is 19.3 Å². The molecular weight excluding hydrogens is 196 g/mol. The highest BCUT2D eigenvalue weighted by atomic mass is 16.6. The zero-order chi connectivity index (χ0) is 10.9. The fourth-order valence-corrected chi connectivity index (χ4v) is 1.69. The normalized spacial score (nSPS) is 17.4. The highest BCUT2D eigenvalue weighted by Crippen LogP contribution is 2.07. The zero-order valence-corrected chi connectivity index (χ0v) is 9.07. The van der Waals surface area contributed by atoms with Crippen LogP contribution < -0.4 is 5.32 Å². The molecule has 0 radical (unpaired) electrons. The molecule has 88 valence electrons. The first-order valence-corrected chi connectivity index (χ1v) is 5.57. The predicted molar refractivity (Wildman–Crippen MR) is 56.7 cm³/mol. The average molecular weight is 216 g/mol. The van der Waals surface area contributed by atoms with E-state index in [2.05, 4.69) is 15.0 Å². The summed E-state index contributed by atoms with van der Waals surface area (Å²) in [5, 5.41) is 11.1. The molecule has 5 heteroatoms. The quantitative estimate of drug-likeness (QED) is 0.688. The van der Waals surface area contributed by atoms with Gasteiger partial charge in [0.1, 0.15) is 6.61 Å². The second-order valence-corrected chi connectivity index (χ2v) is 3.69. The minimum Gasteiger partial charge on any atom is -0.447 e. The Morgan fingerprint density at radius 1 is 1.33 bits per heavy atom. The molecule has 1 aliphatic heterocycles. The van der Waals surface area contributed by atoms with Gasteiger partial charge in [-0.05, 0) is 25.9 Å². The molecule has 2 N–H and O–H groups in total. The Kier molecular flexibility index (Phi) is 6.11. The van der Waals surface area contributed by atoms with Gasteiger partial charge in [0.15, 0.2) is 0 Å². The number of ether oxygens (including phenoxy) is 1. The molecule has 0 aromatic carbocycles. The third-order valence-electron chi connectivity index (χ3n) is 2.47. The number of hydrogen-bond donors (Lipinski definition) is 2. The van der Waals surface area contributed by atoms with Crippen LogP contribution in [0.2, 0.25) is 0 Å². The largest absolute Gasteiger partial charge is 0.447 e. The Labute approximate surface area is 90.4 Å². The Balaban J connectivity index is 1.97. The SMILES string of the molecule is O=C(NCCN1CCCCC1)OCCO. The van der Waals surface area contributed by atoms with Gasteiger partial charge in [-0.15, -0.1) is 0 Å². The van der Waals surface area contributed by atoms with Crippen molar-refractivity contribution >= 4 is 6.09 Å². The number of carbonyl (C=O) groups excluding carboxylic acids is 1. The minimum atomic E-state index is -0.443. The average Bonchev–Trinajstić information content (AvgIpc) is 2.28. The second-order valence-electron chi connectivity index (χ2n) is 3.69. The number of alkyl carbamates (subject to hydrolysis) is 1. The molecule has 0 aromatic heterocycles. The molecule has 0 aromatic rings. The number of likely N-dealkylation sites (tertiary alicyclic amines) is 1. The Hall–Kier alpha value is -0.810. The third kappa shape index (κ3) is 5.59. The van der Waals surface area contributed by atoms with Crippen molar-refractivity contribution in [3.63, 3.8) is 0 Å². The van der Waals surface area contributed by atoms with Gasteiger partial charge in [0.05, 0.1) is 6.61 Å². The number of rotatable bonds is 5. The molecule has 1 fully saturated rings. The van der Waals surface area contributed by atoms with Gasteiger partial charge in [0.25, 0.3) is 0 Å². The highest BCUT2D eigenvalue weighted by Gasteiger charge is 2.09. The number of aliphatic hydroxyl groups is 1. The van der Waals surface area contributed by atoms with Crippen LogP contribution in [0.4, 0.5) is 4.79 Å². The molecule has 0 saturated carbocycles. The van der Waals surface area contributed by atoms with Crippen LogP contribution >= 0.6 is 0 Å². The first-order valence-electron chi connectivity index (χ1n) is 5.57. The van der Waals surface area contributed by atoms with E-state index in [0.29, 0.717) is 6.54 Å². The van der Waals surface area contributed by atoms with E-state index in [1.54, 1.807) is 0 Å². The van der Waals surface area contributed by atoms with Crippen molar-refractivity contribution in [2.24, 2.45) is 0 Å². The van der Waals surface area contributed by atoms with Gasteiger partial charge in [-0.3, -0.25) is 0 Å². The molecule has 1 heterocycles. The summed E-state index contributed by atoms with van der Waals surface area (Å²) in [5.41, 5.74) is 0. The summed E-state index contributed by atoms with van der Waals surface area (Å²) in [6.45, 7) is 3.70. The van der Waals surface area contributed by atoms with Gasteiger partial charge >= 0.3 is 6.09 Å². The molecular formula is C10H20N2O3. The molecule has 1 amide bonds. The van der Waals surface area contributed by atoms with Crippen LogP contribution in [0.15, 0.2) is 0 Å². The summed E-state index contributed by atoms with van der Waals surface area (Å²) >= 11 is 0. The van der Waals surface area contributed by atoms with E-state index in [4.69, 9.17) is 5.11 Å². The van der Waals surface area contributed by atoms with Gasteiger partial charge in [-0.1, -0.05) is 6.42 Å². The van der Waals surface area contributed by atoms with Crippen LogP contribution in [0.25, 0.3) is 0 Å². The Bertz CT molecular complexity index is 182. The van der Waals surface area contributed by atoms with Crippen LogP contribution in [0.3, 0.4) is 0 Å². The van der Waals surface area contributed by atoms with E-state index in [1.165, 1.54) is 19.3 Å². The number of amides is 1. The second kappa shape index (κ2) is 7.48. The van der Waals surface area contributed by atoms with Crippen molar-refractivity contribution < 1.29 is 14.6 Å². The van der Waals surface area contributed by atoms with Gasteiger partial charge < -0.3 is 20.1 Å². The minimum absolute atomic E-state index is 0.0650. The van der Waals surface area contributed by atoms with Crippen LogP contribution in [0.5, 0.6) is 0 Å². The van der Waals surface area contributed by atoms with Crippen molar-refractivity contribution in [1.82, 2.24) is 10.2 Å². The standard InChI is InChI=1S/C10H20N2O3/c13-8-9-15-10(14)11-4-7-12-5-2-1-3-6-12/h13H,1-9H2,(H,11,14). The lowest BCUT2D eigenvalue weighted by Crippen LogP contribution is -2.38. The van der Waals surface area contributed by atoms with Crippen LogP contribution in [-0.2, 0) is 4.74 Å². The van der Waals surface area contributed by atoms with Crippen LogP contribution in [0, 0.1) is 0 Å². The summed E-state index contributed by atoms with van der Waals surface area (Å²) in [4.78, 5) is 13.3. The summed E-state index contributed by atoms with van der Waals surface area (Å²) < 4.78 is 4.66. The predicted octanol–water partition coefficient (Wildman–Crippen LogP) is 0.191. The van der Waals surface area contributed by atoms with Gasteiger partial charge in [-0.25, -0.2) is 4.79 Å². The topological polar surface area (TPSA) is 61.8 Å². The fraction of sp³-hybridized carbons (Fsp3) is 0.900. The fourth-order valence-electron chi connectivity index (χ4n) is 1.69. The van der Waals surface area contributed by atoms with E-state index in [0.717, 1.165) is 19.6 Å². The smallest absolute Gasteiger partial charge is 0.407 e. The van der Waals surface area contributed by atoms with Crippen molar-refractivity contribution in [3.8, 4) is 0 Å². The van der Waals surface area contributed by atoms with Gasteiger partial charge in [0.2, 0.25) is 0 Å². The maximum Gasteiger partial charge on any atom is 0.407 e. The molecule has 0 atom stereocenters. The van der Waals surface area contributed by atoms with Gasteiger partial charge in [0, 0.05) is 13.1 Å². The molecule has 1 saturated heterocycles. The van der Waals surface area contributed by atoms with E-state index < -0.39 is 6.09 Å². The maximum atomic E-state index is 11.0. The first-order chi connectivity index (χ1) is 7.33. The number of hydrogen-bond acceptors (Lipinski definition) is 4. The van der Waals surface area contributed by atoms with Crippen LogP contribution in [0.1, 0.15) is 19.3 Å². The van der Waals surface area contributed by atoms with Gasteiger partial charge in [-0.2, -0.15) is 0 Å². The number of nitrogens with one attached hydrogen (secondary N) is 1. The molecule has 0 spiro atoms. The van der Waals surface area contributed by atoms with E-state index in [1.807, 2.05) is 0 Å². The number of piperidine rings is 1. The zero-order valence-electron chi connectivity index (χ0n) is 9.07. The lowest BCUT2D eigenvalue weighted by atomic mass is 10.1. The Morgan fingerprint density at radius 3 is 2.73 bits per heavy atom. The van der Waals surface area contributed by atoms with E-state index >= 15 is 0 Å². The highest BCUT2D eigenvalue weighted by molar-refractivity contribution is 5.67. The number of nitrogens with zero attached hydrogens (tertiary/aromatic N) is 1. The maximum absolute atomic E-state index is 11.0. The first kappa shape index (κ1) is 12.3. The summed E-state index contributed by atoms with van der Waals surface area (Å²) in [6, 6.07) is 0. The molecule has 5 nitrogen and oxygen atoms in total. The number of aliphatic hydroxyl groups excluding tert-OH is 1. The van der Waals surface area contributed by atoms with Crippen molar-refractivity contribution in [3.05, 3.63) is 0 Å². The van der Waals surface area contributed by atoms with Crippen LogP contribution in [-0.4, -0.2) is 55.5 Å². The molecule has 0 aliphatic carbocycles. The lowest BCUT2D eigenvalue weighted by Gasteiger charge is -2.26. The van der Waals surface area contributed by atoms with E-state index in [-0.39, 0.29) is 13.2 Å².